The summed E-state index contributed by atoms with van der Waals surface area (Å²) in [6.45, 7) is 3.24. The van der Waals surface area contributed by atoms with E-state index in [1.54, 1.807) is 24.3 Å². The number of ether oxygens (including phenoxy) is 2. The molecule has 0 fully saturated rings. The summed E-state index contributed by atoms with van der Waals surface area (Å²) in [6.07, 6.45) is 0.454. The fraction of sp³-hybridized carbons (Fsp3) is 0.471. The molecule has 1 aromatic carbocycles. The normalized spacial score (nSPS) is 11.7. The van der Waals surface area contributed by atoms with Crippen LogP contribution in [0.4, 0.5) is 5.69 Å². The molecule has 25 heavy (non-hydrogen) atoms. The Kier molecular flexibility index (Phi) is 8.94. The highest BCUT2D eigenvalue weighted by Crippen LogP contribution is 2.13. The molecule has 7 nitrogen and oxygen atoms in total. The van der Waals surface area contributed by atoms with E-state index in [0.29, 0.717) is 17.1 Å². The minimum absolute atomic E-state index is 0.204. The van der Waals surface area contributed by atoms with Gasteiger partial charge in [-0.1, -0.05) is 25.4 Å². The second-order valence-corrected chi connectivity index (χ2v) is 6.26. The van der Waals surface area contributed by atoms with Crippen molar-refractivity contribution >= 4 is 35.1 Å². The SMILES string of the molecule is COC(=O)C(CC(C)C)NC(=O)COCC(=O)Nc1ccc(Cl)cc1. The minimum atomic E-state index is -0.732. The zero-order valence-electron chi connectivity index (χ0n) is 14.5. The number of benzene rings is 1. The van der Waals surface area contributed by atoms with Gasteiger partial charge in [-0.25, -0.2) is 4.79 Å². The van der Waals surface area contributed by atoms with Crippen LogP contribution in [0.1, 0.15) is 20.3 Å². The first-order valence-corrected chi connectivity index (χ1v) is 8.20. The summed E-state index contributed by atoms with van der Waals surface area (Å²) in [5, 5.41) is 5.72. The lowest BCUT2D eigenvalue weighted by atomic mass is 10.0. The number of carbonyl (C=O) groups is 3. The van der Waals surface area contributed by atoms with Crippen molar-refractivity contribution in [3.8, 4) is 0 Å². The van der Waals surface area contributed by atoms with Gasteiger partial charge in [-0.2, -0.15) is 0 Å². The van der Waals surface area contributed by atoms with Gasteiger partial charge in [-0.15, -0.1) is 0 Å². The number of amides is 2. The first-order valence-electron chi connectivity index (χ1n) is 7.82. The van der Waals surface area contributed by atoms with E-state index >= 15 is 0 Å². The van der Waals surface area contributed by atoms with Crippen molar-refractivity contribution in [1.29, 1.82) is 0 Å². The van der Waals surface area contributed by atoms with Crippen LogP contribution in [0.25, 0.3) is 0 Å². The maximum atomic E-state index is 11.8. The van der Waals surface area contributed by atoms with Crippen LogP contribution >= 0.6 is 11.6 Å². The highest BCUT2D eigenvalue weighted by atomic mass is 35.5. The number of rotatable bonds is 9. The molecule has 1 unspecified atom stereocenters. The predicted molar refractivity (Wildman–Crippen MR) is 94.3 cm³/mol. The van der Waals surface area contributed by atoms with Crippen molar-refractivity contribution in [3.05, 3.63) is 29.3 Å². The first-order chi connectivity index (χ1) is 11.8. The van der Waals surface area contributed by atoms with Gasteiger partial charge < -0.3 is 20.1 Å². The molecule has 0 aliphatic carbocycles. The first kappa shape index (κ1) is 20.9. The van der Waals surface area contributed by atoms with E-state index < -0.39 is 23.8 Å². The number of methoxy groups -OCH3 is 1. The molecule has 1 aromatic rings. The third-order valence-corrected chi connectivity index (χ3v) is 3.37. The zero-order chi connectivity index (χ0) is 18.8. The monoisotopic (exact) mass is 370 g/mol. The average Bonchev–Trinajstić information content (AvgIpc) is 2.55. The number of esters is 1. The van der Waals surface area contributed by atoms with Crippen molar-refractivity contribution < 1.29 is 23.9 Å². The van der Waals surface area contributed by atoms with Gasteiger partial charge in [0.05, 0.1) is 7.11 Å². The summed E-state index contributed by atoms with van der Waals surface area (Å²) >= 11 is 5.76. The van der Waals surface area contributed by atoms with E-state index in [1.807, 2.05) is 13.8 Å². The summed E-state index contributed by atoms with van der Waals surface area (Å²) in [7, 11) is 1.26. The van der Waals surface area contributed by atoms with Crippen LogP contribution in [0, 0.1) is 5.92 Å². The quantitative estimate of drug-likeness (QED) is 0.648. The molecule has 0 spiro atoms. The van der Waals surface area contributed by atoms with E-state index in [0.717, 1.165) is 0 Å². The maximum Gasteiger partial charge on any atom is 0.328 e. The van der Waals surface area contributed by atoms with Gasteiger partial charge in [0.1, 0.15) is 19.3 Å². The molecule has 2 N–H and O–H groups in total. The molecule has 0 bridgehead atoms. The summed E-state index contributed by atoms with van der Waals surface area (Å²) < 4.78 is 9.73. The molecule has 8 heteroatoms. The Morgan fingerprint density at radius 2 is 1.68 bits per heavy atom. The molecule has 2 amide bonds. The van der Waals surface area contributed by atoms with E-state index in [4.69, 9.17) is 16.3 Å². The van der Waals surface area contributed by atoms with Crippen LogP contribution in [-0.2, 0) is 23.9 Å². The fourth-order valence-corrected chi connectivity index (χ4v) is 2.16. The van der Waals surface area contributed by atoms with Gasteiger partial charge in [0.15, 0.2) is 0 Å². The number of hydrogen-bond acceptors (Lipinski definition) is 5. The molecule has 0 saturated heterocycles. The maximum absolute atomic E-state index is 11.8. The van der Waals surface area contributed by atoms with Crippen molar-refractivity contribution in [1.82, 2.24) is 5.32 Å². The molecule has 0 aliphatic heterocycles. The van der Waals surface area contributed by atoms with Crippen molar-refractivity contribution in [3.63, 3.8) is 0 Å². The Morgan fingerprint density at radius 3 is 2.24 bits per heavy atom. The lowest BCUT2D eigenvalue weighted by Crippen LogP contribution is -2.44. The molecule has 0 radical (unpaired) electrons. The molecule has 0 aliphatic rings. The van der Waals surface area contributed by atoms with Gasteiger partial charge in [-0.05, 0) is 36.6 Å². The van der Waals surface area contributed by atoms with Gasteiger partial charge in [0.25, 0.3) is 0 Å². The Hall–Kier alpha value is -2.12. The summed E-state index contributed by atoms with van der Waals surface area (Å²) in [6, 6.07) is 5.86. The van der Waals surface area contributed by atoms with Crippen LogP contribution in [-0.4, -0.2) is 44.1 Å². The van der Waals surface area contributed by atoms with Crippen LogP contribution in [0.2, 0.25) is 5.02 Å². The Balaban J connectivity index is 2.35. The van der Waals surface area contributed by atoms with Crippen molar-refractivity contribution in [2.75, 3.05) is 25.6 Å². The minimum Gasteiger partial charge on any atom is -0.467 e. The topological polar surface area (TPSA) is 93.7 Å². The van der Waals surface area contributed by atoms with Crippen LogP contribution < -0.4 is 10.6 Å². The van der Waals surface area contributed by atoms with E-state index in [1.165, 1.54) is 7.11 Å². The lowest BCUT2D eigenvalue weighted by molar-refractivity contribution is -0.146. The number of nitrogens with one attached hydrogen (secondary N) is 2. The zero-order valence-corrected chi connectivity index (χ0v) is 15.3. The Labute approximate surface area is 152 Å². The van der Waals surface area contributed by atoms with E-state index in [9.17, 15) is 14.4 Å². The van der Waals surface area contributed by atoms with E-state index in [-0.39, 0.29) is 19.1 Å². The average molecular weight is 371 g/mol. The molecule has 1 rings (SSSR count). The van der Waals surface area contributed by atoms with Crippen molar-refractivity contribution in [2.45, 2.75) is 26.3 Å². The van der Waals surface area contributed by atoms with Gasteiger partial charge >= 0.3 is 5.97 Å². The molecular weight excluding hydrogens is 348 g/mol. The van der Waals surface area contributed by atoms with E-state index in [2.05, 4.69) is 15.4 Å². The smallest absolute Gasteiger partial charge is 0.328 e. The van der Waals surface area contributed by atoms with Crippen LogP contribution in [0.5, 0.6) is 0 Å². The Bertz CT molecular complexity index is 589. The number of anilines is 1. The number of hydrogen-bond donors (Lipinski definition) is 2. The predicted octanol–water partition coefficient (Wildman–Crippen LogP) is 2.00. The van der Waals surface area contributed by atoms with Crippen LogP contribution in [0.15, 0.2) is 24.3 Å². The van der Waals surface area contributed by atoms with Gasteiger partial charge in [0, 0.05) is 10.7 Å². The third kappa shape index (κ3) is 8.51. The number of halogens is 1. The van der Waals surface area contributed by atoms with Crippen molar-refractivity contribution in [2.24, 2.45) is 5.92 Å². The largest absolute Gasteiger partial charge is 0.467 e. The lowest BCUT2D eigenvalue weighted by Gasteiger charge is -2.18. The highest BCUT2D eigenvalue weighted by molar-refractivity contribution is 6.30. The second kappa shape index (κ2) is 10.7. The molecule has 0 saturated carbocycles. The standard InChI is InChI=1S/C17H23ClN2O5/c1-11(2)8-14(17(23)24-3)20-16(22)10-25-9-15(21)19-13-6-4-12(18)5-7-13/h4-7,11,14H,8-10H2,1-3H3,(H,19,21)(H,20,22). The fourth-order valence-electron chi connectivity index (χ4n) is 2.03. The molecular formula is C17H23ClN2O5. The van der Waals surface area contributed by atoms with Gasteiger partial charge in [0.2, 0.25) is 11.8 Å². The second-order valence-electron chi connectivity index (χ2n) is 5.82. The summed E-state index contributed by atoms with van der Waals surface area (Å²) in [5.74, 6) is -1.20. The summed E-state index contributed by atoms with van der Waals surface area (Å²) in [4.78, 5) is 35.2. The van der Waals surface area contributed by atoms with Crippen LogP contribution in [0.3, 0.4) is 0 Å². The highest BCUT2D eigenvalue weighted by Gasteiger charge is 2.22. The van der Waals surface area contributed by atoms with Gasteiger partial charge in [-0.3, -0.25) is 9.59 Å². The molecule has 0 aromatic heterocycles. The number of carbonyl (C=O) groups excluding carboxylic acids is 3. The Morgan fingerprint density at radius 1 is 1.08 bits per heavy atom. The molecule has 138 valence electrons. The summed E-state index contributed by atoms with van der Waals surface area (Å²) in [5.41, 5.74) is 0.574. The third-order valence-electron chi connectivity index (χ3n) is 3.12. The molecule has 1 atom stereocenters. The molecule has 0 heterocycles.